The molecular weight excluding hydrogens is 358 g/mol. The molecule has 0 atom stereocenters. The van der Waals surface area contributed by atoms with E-state index in [0.29, 0.717) is 18.0 Å². The van der Waals surface area contributed by atoms with Gasteiger partial charge in [0.2, 0.25) is 0 Å². The van der Waals surface area contributed by atoms with E-state index in [2.05, 4.69) is 31.0 Å². The summed E-state index contributed by atoms with van der Waals surface area (Å²) in [6.45, 7) is 4.46. The quantitative estimate of drug-likeness (QED) is 0.812. The summed E-state index contributed by atoms with van der Waals surface area (Å²) in [5.41, 5.74) is 0.396. The van der Waals surface area contributed by atoms with Crippen LogP contribution in [-0.2, 0) is 16.6 Å². The van der Waals surface area contributed by atoms with E-state index in [9.17, 15) is 8.42 Å². The van der Waals surface area contributed by atoms with E-state index in [0.717, 1.165) is 0 Å². The molecule has 0 aliphatic rings. The lowest BCUT2D eigenvalue weighted by molar-refractivity contribution is 0.447. The molecule has 2 heterocycles. The molecule has 6 nitrogen and oxygen atoms in total. The number of nitrogens with zero attached hydrogens (tertiary/aromatic N) is 1. The van der Waals surface area contributed by atoms with Crippen LogP contribution in [0.3, 0.4) is 0 Å². The molecule has 0 fully saturated rings. The Morgan fingerprint density at radius 2 is 2.19 bits per heavy atom. The Morgan fingerprint density at radius 3 is 2.81 bits per heavy atom. The van der Waals surface area contributed by atoms with Crippen LogP contribution in [0.25, 0.3) is 0 Å². The highest BCUT2D eigenvalue weighted by atomic mass is 79.9. The van der Waals surface area contributed by atoms with Crippen LogP contribution in [0.15, 0.2) is 44.6 Å². The summed E-state index contributed by atoms with van der Waals surface area (Å²) < 4.78 is 32.7. The normalized spacial score (nSPS) is 11.8. The molecule has 0 unspecified atom stereocenters. The Bertz CT molecular complexity index is 699. The van der Waals surface area contributed by atoms with Gasteiger partial charge in [-0.25, -0.2) is 8.42 Å². The van der Waals surface area contributed by atoms with Crippen LogP contribution in [0.4, 0.5) is 5.69 Å². The molecule has 114 valence electrons. The first kappa shape index (κ1) is 16.0. The van der Waals surface area contributed by atoms with Crippen molar-refractivity contribution >= 4 is 31.6 Å². The first-order chi connectivity index (χ1) is 9.88. The van der Waals surface area contributed by atoms with Gasteiger partial charge >= 0.3 is 0 Å². The largest absolute Gasteiger partial charge is 0.451 e. The van der Waals surface area contributed by atoms with Crippen molar-refractivity contribution < 1.29 is 12.8 Å². The highest BCUT2D eigenvalue weighted by molar-refractivity contribution is 9.10. The number of anilines is 1. The first-order valence-corrected chi connectivity index (χ1v) is 8.60. The number of furan rings is 1. The van der Waals surface area contributed by atoms with Crippen LogP contribution in [0.2, 0.25) is 0 Å². The van der Waals surface area contributed by atoms with Gasteiger partial charge in [0.1, 0.15) is 10.7 Å². The maximum Gasteiger partial charge on any atom is 0.266 e. The lowest BCUT2D eigenvalue weighted by atomic mass is 10.3. The fourth-order valence-corrected chi connectivity index (χ4v) is 3.65. The maximum atomic E-state index is 12.3. The molecule has 0 saturated heterocycles. The summed E-state index contributed by atoms with van der Waals surface area (Å²) in [6, 6.07) is 5.06. The third-order valence-electron chi connectivity index (χ3n) is 2.59. The van der Waals surface area contributed by atoms with E-state index in [1.165, 1.54) is 12.3 Å². The second kappa shape index (κ2) is 6.59. The third kappa shape index (κ3) is 4.29. The average Bonchev–Trinajstić information content (AvgIpc) is 2.79. The predicted octanol–water partition coefficient (Wildman–Crippen LogP) is 2.74. The van der Waals surface area contributed by atoms with Crippen LogP contribution in [0.5, 0.6) is 0 Å². The number of sulfonamides is 1. The van der Waals surface area contributed by atoms with E-state index in [1.54, 1.807) is 18.3 Å². The smallest absolute Gasteiger partial charge is 0.266 e. The minimum absolute atomic E-state index is 0.0620. The first-order valence-electron chi connectivity index (χ1n) is 6.33. The van der Waals surface area contributed by atoms with Crippen LogP contribution in [0, 0.1) is 0 Å². The molecule has 0 aliphatic carbocycles. The molecule has 2 aromatic heterocycles. The van der Waals surface area contributed by atoms with Crippen molar-refractivity contribution in [2.24, 2.45) is 0 Å². The van der Waals surface area contributed by atoms with E-state index >= 15 is 0 Å². The van der Waals surface area contributed by atoms with Crippen molar-refractivity contribution in [2.45, 2.75) is 31.3 Å². The number of aromatic nitrogens is 1. The van der Waals surface area contributed by atoms with E-state index in [1.807, 2.05) is 13.8 Å². The molecule has 0 spiro atoms. The van der Waals surface area contributed by atoms with Gasteiger partial charge in [0, 0.05) is 18.3 Å². The summed E-state index contributed by atoms with van der Waals surface area (Å²) in [5.74, 6) is 0.544. The molecule has 0 aliphatic heterocycles. The van der Waals surface area contributed by atoms with Gasteiger partial charge in [-0.05, 0) is 28.1 Å². The standard InChI is InChI=1S/C13H16BrN3O3S/c1-9(2)16-8-11-6-12(13(14)20-11)21(18,19)17-10-4-3-5-15-7-10/h3-7,9,16-17H,8H2,1-2H3. The Kier molecular flexibility index (Phi) is 5.02. The maximum absolute atomic E-state index is 12.3. The lowest BCUT2D eigenvalue weighted by Crippen LogP contribution is -2.21. The molecule has 8 heteroatoms. The minimum Gasteiger partial charge on any atom is -0.451 e. The Hall–Kier alpha value is -1.38. The molecule has 2 aromatic rings. The summed E-state index contributed by atoms with van der Waals surface area (Å²) in [6.07, 6.45) is 3.01. The highest BCUT2D eigenvalue weighted by Crippen LogP contribution is 2.27. The average molecular weight is 374 g/mol. The molecule has 2 N–H and O–H groups in total. The fourth-order valence-electron chi connectivity index (χ4n) is 1.61. The van der Waals surface area contributed by atoms with Crippen molar-refractivity contribution in [1.82, 2.24) is 10.3 Å². The Labute approximate surface area is 132 Å². The zero-order chi connectivity index (χ0) is 15.5. The number of pyridine rings is 1. The zero-order valence-electron chi connectivity index (χ0n) is 11.6. The molecule has 0 bridgehead atoms. The number of nitrogens with one attached hydrogen (secondary N) is 2. The van der Waals surface area contributed by atoms with Crippen molar-refractivity contribution in [3.63, 3.8) is 0 Å². The number of halogens is 1. The Morgan fingerprint density at radius 1 is 1.43 bits per heavy atom. The van der Waals surface area contributed by atoms with Gasteiger partial charge in [-0.15, -0.1) is 0 Å². The second-order valence-corrected chi connectivity index (χ2v) is 7.10. The number of hydrogen-bond donors (Lipinski definition) is 2. The fraction of sp³-hybridized carbons (Fsp3) is 0.308. The van der Waals surface area contributed by atoms with E-state index < -0.39 is 10.0 Å². The van der Waals surface area contributed by atoms with Crippen molar-refractivity contribution in [2.75, 3.05) is 4.72 Å². The van der Waals surface area contributed by atoms with Gasteiger partial charge < -0.3 is 9.73 Å². The van der Waals surface area contributed by atoms with Crippen LogP contribution in [-0.4, -0.2) is 19.4 Å². The van der Waals surface area contributed by atoms with Crippen molar-refractivity contribution in [1.29, 1.82) is 0 Å². The van der Waals surface area contributed by atoms with E-state index in [4.69, 9.17) is 4.42 Å². The molecule has 0 aromatic carbocycles. The van der Waals surface area contributed by atoms with Crippen LogP contribution >= 0.6 is 15.9 Å². The van der Waals surface area contributed by atoms with Crippen LogP contribution < -0.4 is 10.0 Å². The Balaban J connectivity index is 2.20. The number of rotatable bonds is 6. The monoisotopic (exact) mass is 373 g/mol. The van der Waals surface area contributed by atoms with Crippen LogP contribution in [0.1, 0.15) is 19.6 Å². The summed E-state index contributed by atoms with van der Waals surface area (Å²) in [5, 5.41) is 3.16. The van der Waals surface area contributed by atoms with Crippen molar-refractivity contribution in [3.05, 3.63) is 41.0 Å². The highest BCUT2D eigenvalue weighted by Gasteiger charge is 2.22. The van der Waals surface area contributed by atoms with Gasteiger partial charge in [0.25, 0.3) is 10.0 Å². The SMILES string of the molecule is CC(C)NCc1cc(S(=O)(=O)Nc2cccnc2)c(Br)o1. The third-order valence-corrected chi connectivity index (χ3v) is 4.83. The second-order valence-electron chi connectivity index (χ2n) is 4.73. The lowest BCUT2D eigenvalue weighted by Gasteiger charge is -2.05. The van der Waals surface area contributed by atoms with Gasteiger partial charge in [-0.3, -0.25) is 9.71 Å². The molecule has 2 rings (SSSR count). The van der Waals surface area contributed by atoms with Gasteiger partial charge in [0.05, 0.1) is 18.4 Å². The van der Waals surface area contributed by atoms with Gasteiger partial charge in [-0.1, -0.05) is 13.8 Å². The predicted molar refractivity (Wildman–Crippen MR) is 83.4 cm³/mol. The molecule has 0 radical (unpaired) electrons. The van der Waals surface area contributed by atoms with Gasteiger partial charge in [0.15, 0.2) is 4.67 Å². The summed E-state index contributed by atoms with van der Waals surface area (Å²) in [7, 11) is -3.72. The summed E-state index contributed by atoms with van der Waals surface area (Å²) in [4.78, 5) is 3.93. The topological polar surface area (TPSA) is 84.2 Å². The minimum atomic E-state index is -3.72. The molecule has 0 saturated carbocycles. The zero-order valence-corrected chi connectivity index (χ0v) is 14.0. The van der Waals surface area contributed by atoms with Crippen molar-refractivity contribution in [3.8, 4) is 0 Å². The molecular formula is C13H16BrN3O3S. The molecule has 21 heavy (non-hydrogen) atoms. The summed E-state index contributed by atoms with van der Waals surface area (Å²) >= 11 is 3.14. The number of hydrogen-bond acceptors (Lipinski definition) is 5. The van der Waals surface area contributed by atoms with E-state index in [-0.39, 0.29) is 15.6 Å². The molecule has 0 amide bonds. The van der Waals surface area contributed by atoms with Gasteiger partial charge in [-0.2, -0.15) is 0 Å².